The Kier molecular flexibility index (Phi) is 7.01. The number of benzene rings is 1. The van der Waals surface area contributed by atoms with E-state index in [0.29, 0.717) is 5.92 Å². The number of hydrogen-bond acceptors (Lipinski definition) is 2. The van der Waals surface area contributed by atoms with E-state index >= 15 is 0 Å². The third-order valence-electron chi connectivity index (χ3n) is 3.46. The smallest absolute Gasteiger partial charge is 0.0546 e. The molecule has 1 N–H and O–H groups in total. The number of rotatable bonds is 7. The molecule has 0 aliphatic rings. The molecule has 0 aliphatic heterocycles. The van der Waals surface area contributed by atoms with Crippen LogP contribution in [0.5, 0.6) is 0 Å². The molecule has 1 aromatic carbocycles. The van der Waals surface area contributed by atoms with Gasteiger partial charge in [-0.25, -0.2) is 0 Å². The SMILES string of the molecule is COC(C)CC(CNC(C)(C)C)Cc1ccccc1Cl. The molecule has 0 saturated carbocycles. The molecule has 20 heavy (non-hydrogen) atoms. The zero-order valence-electron chi connectivity index (χ0n) is 13.4. The fourth-order valence-corrected chi connectivity index (χ4v) is 2.44. The summed E-state index contributed by atoms with van der Waals surface area (Å²) in [6, 6.07) is 8.11. The highest BCUT2D eigenvalue weighted by molar-refractivity contribution is 6.31. The van der Waals surface area contributed by atoms with Crippen molar-refractivity contribution >= 4 is 11.6 Å². The van der Waals surface area contributed by atoms with E-state index in [4.69, 9.17) is 16.3 Å². The van der Waals surface area contributed by atoms with Crippen molar-refractivity contribution in [1.29, 1.82) is 0 Å². The molecule has 0 fully saturated rings. The van der Waals surface area contributed by atoms with Gasteiger partial charge in [-0.15, -0.1) is 0 Å². The van der Waals surface area contributed by atoms with E-state index in [1.807, 2.05) is 12.1 Å². The first kappa shape index (κ1) is 17.5. The van der Waals surface area contributed by atoms with Crippen molar-refractivity contribution in [2.45, 2.75) is 52.2 Å². The van der Waals surface area contributed by atoms with Crippen LogP contribution in [0, 0.1) is 5.92 Å². The first-order valence-electron chi connectivity index (χ1n) is 7.33. The van der Waals surface area contributed by atoms with Gasteiger partial charge < -0.3 is 10.1 Å². The van der Waals surface area contributed by atoms with Gasteiger partial charge in [-0.2, -0.15) is 0 Å². The zero-order valence-corrected chi connectivity index (χ0v) is 14.1. The molecule has 2 nitrogen and oxygen atoms in total. The summed E-state index contributed by atoms with van der Waals surface area (Å²) < 4.78 is 5.42. The maximum Gasteiger partial charge on any atom is 0.0546 e. The lowest BCUT2D eigenvalue weighted by Gasteiger charge is -2.27. The van der Waals surface area contributed by atoms with Crippen LogP contribution in [0.15, 0.2) is 24.3 Å². The molecular formula is C17H28ClNO. The Balaban J connectivity index is 2.69. The number of ether oxygens (including phenoxy) is 1. The first-order chi connectivity index (χ1) is 9.31. The van der Waals surface area contributed by atoms with E-state index in [1.54, 1.807) is 7.11 Å². The first-order valence-corrected chi connectivity index (χ1v) is 7.71. The lowest BCUT2D eigenvalue weighted by molar-refractivity contribution is 0.0934. The van der Waals surface area contributed by atoms with Crippen LogP contribution in [0.25, 0.3) is 0 Å². The second-order valence-corrected chi connectivity index (χ2v) is 6.98. The molecular weight excluding hydrogens is 270 g/mol. The summed E-state index contributed by atoms with van der Waals surface area (Å²) in [6.07, 6.45) is 2.28. The lowest BCUT2D eigenvalue weighted by atomic mass is 9.93. The van der Waals surface area contributed by atoms with Crippen molar-refractivity contribution in [3.05, 3.63) is 34.9 Å². The fraction of sp³-hybridized carbons (Fsp3) is 0.647. The maximum absolute atomic E-state index is 6.28. The molecule has 0 aromatic heterocycles. The highest BCUT2D eigenvalue weighted by Crippen LogP contribution is 2.22. The molecule has 1 rings (SSSR count). The van der Waals surface area contributed by atoms with Crippen LogP contribution in [-0.2, 0) is 11.2 Å². The lowest BCUT2D eigenvalue weighted by Crippen LogP contribution is -2.40. The minimum atomic E-state index is 0.134. The van der Waals surface area contributed by atoms with Gasteiger partial charge >= 0.3 is 0 Å². The molecule has 0 aliphatic carbocycles. The maximum atomic E-state index is 6.28. The van der Waals surface area contributed by atoms with Gasteiger partial charge in [0.1, 0.15) is 0 Å². The average molecular weight is 298 g/mol. The summed E-state index contributed by atoms with van der Waals surface area (Å²) in [5.74, 6) is 0.518. The van der Waals surface area contributed by atoms with E-state index in [2.05, 4.69) is 45.1 Å². The highest BCUT2D eigenvalue weighted by atomic mass is 35.5. The van der Waals surface area contributed by atoms with E-state index in [1.165, 1.54) is 5.56 Å². The Morgan fingerprint density at radius 2 is 1.90 bits per heavy atom. The third-order valence-corrected chi connectivity index (χ3v) is 3.82. The Bertz CT molecular complexity index is 400. The monoisotopic (exact) mass is 297 g/mol. The Morgan fingerprint density at radius 3 is 2.45 bits per heavy atom. The van der Waals surface area contributed by atoms with Crippen LogP contribution < -0.4 is 5.32 Å². The third kappa shape index (κ3) is 6.74. The molecule has 0 amide bonds. The molecule has 1 aromatic rings. The highest BCUT2D eigenvalue weighted by Gasteiger charge is 2.18. The summed E-state index contributed by atoms with van der Waals surface area (Å²) in [5, 5.41) is 4.45. The van der Waals surface area contributed by atoms with Crippen molar-refractivity contribution in [3.63, 3.8) is 0 Å². The van der Waals surface area contributed by atoms with E-state index < -0.39 is 0 Å². The molecule has 114 valence electrons. The fourth-order valence-electron chi connectivity index (χ4n) is 2.23. The predicted molar refractivity (Wildman–Crippen MR) is 87.5 cm³/mol. The molecule has 0 bridgehead atoms. The summed E-state index contributed by atoms with van der Waals surface area (Å²) in [4.78, 5) is 0. The van der Waals surface area contributed by atoms with Crippen LogP contribution >= 0.6 is 11.6 Å². The largest absolute Gasteiger partial charge is 0.382 e. The van der Waals surface area contributed by atoms with Gasteiger partial charge in [0.15, 0.2) is 0 Å². The second kappa shape index (κ2) is 8.02. The minimum Gasteiger partial charge on any atom is -0.382 e. The molecule has 0 spiro atoms. The van der Waals surface area contributed by atoms with Crippen LogP contribution in [0.4, 0.5) is 0 Å². The minimum absolute atomic E-state index is 0.134. The molecule has 0 radical (unpaired) electrons. The van der Waals surface area contributed by atoms with Gasteiger partial charge in [-0.1, -0.05) is 29.8 Å². The van der Waals surface area contributed by atoms with Gasteiger partial charge in [0.25, 0.3) is 0 Å². The normalized spacial score (nSPS) is 15.1. The second-order valence-electron chi connectivity index (χ2n) is 6.57. The van der Waals surface area contributed by atoms with Crippen molar-refractivity contribution in [2.24, 2.45) is 5.92 Å². The van der Waals surface area contributed by atoms with Crippen molar-refractivity contribution < 1.29 is 4.74 Å². The van der Waals surface area contributed by atoms with Gasteiger partial charge in [0.2, 0.25) is 0 Å². The number of nitrogens with one attached hydrogen (secondary N) is 1. The number of hydrogen-bond donors (Lipinski definition) is 1. The topological polar surface area (TPSA) is 21.3 Å². The standard InChI is InChI=1S/C17H28ClNO/c1-13(20-5)10-14(12-19-17(2,3)4)11-15-8-6-7-9-16(15)18/h6-9,13-14,19H,10-12H2,1-5H3. The molecule has 2 unspecified atom stereocenters. The van der Waals surface area contributed by atoms with Crippen LogP contribution in [0.2, 0.25) is 5.02 Å². The van der Waals surface area contributed by atoms with Crippen LogP contribution in [0.3, 0.4) is 0 Å². The molecule has 2 atom stereocenters. The molecule has 0 heterocycles. The Morgan fingerprint density at radius 1 is 1.25 bits per heavy atom. The number of methoxy groups -OCH3 is 1. The van der Waals surface area contributed by atoms with Gasteiger partial charge in [-0.05, 0) is 64.6 Å². The van der Waals surface area contributed by atoms with E-state index in [9.17, 15) is 0 Å². The van der Waals surface area contributed by atoms with Gasteiger partial charge in [-0.3, -0.25) is 0 Å². The van der Waals surface area contributed by atoms with Gasteiger partial charge in [0, 0.05) is 17.7 Å². The van der Waals surface area contributed by atoms with E-state index in [-0.39, 0.29) is 11.6 Å². The predicted octanol–water partition coefficient (Wildman–Crippen LogP) is 4.31. The van der Waals surface area contributed by atoms with Crippen LogP contribution in [0.1, 0.15) is 39.7 Å². The van der Waals surface area contributed by atoms with Crippen molar-refractivity contribution in [3.8, 4) is 0 Å². The summed E-state index contributed by atoms with van der Waals surface area (Å²) in [6.45, 7) is 9.68. The summed E-state index contributed by atoms with van der Waals surface area (Å²) in [7, 11) is 1.77. The molecule has 3 heteroatoms. The van der Waals surface area contributed by atoms with Crippen molar-refractivity contribution in [1.82, 2.24) is 5.32 Å². The number of halogens is 1. The zero-order chi connectivity index (χ0) is 15.2. The summed E-state index contributed by atoms with van der Waals surface area (Å²) >= 11 is 6.28. The van der Waals surface area contributed by atoms with Gasteiger partial charge in [0.05, 0.1) is 6.10 Å². The van der Waals surface area contributed by atoms with E-state index in [0.717, 1.165) is 24.4 Å². The van der Waals surface area contributed by atoms with Crippen molar-refractivity contribution in [2.75, 3.05) is 13.7 Å². The summed E-state index contributed by atoms with van der Waals surface area (Å²) in [5.41, 5.74) is 1.35. The Labute approximate surface area is 128 Å². The average Bonchev–Trinajstić information content (AvgIpc) is 2.37. The quantitative estimate of drug-likeness (QED) is 0.809. The van der Waals surface area contributed by atoms with Crippen LogP contribution in [-0.4, -0.2) is 25.3 Å². The Hall–Kier alpha value is -0.570. The molecule has 0 saturated heterocycles.